The molecule has 4 aromatic rings. The van der Waals surface area contributed by atoms with Crippen LogP contribution in [0.15, 0.2) is 59.0 Å². The number of cyclic esters (lactones) is 1. The topological polar surface area (TPSA) is 124 Å². The zero-order valence-electron chi connectivity index (χ0n) is 24.3. The molecule has 1 amide bonds. The summed E-state index contributed by atoms with van der Waals surface area (Å²) in [5.41, 5.74) is 1.98. The van der Waals surface area contributed by atoms with Gasteiger partial charge in [0.1, 0.15) is 40.8 Å². The minimum absolute atomic E-state index is 0.0228. The molecule has 43 heavy (non-hydrogen) atoms. The highest BCUT2D eigenvalue weighted by Crippen LogP contribution is 2.41. The fourth-order valence-corrected chi connectivity index (χ4v) is 5.36. The van der Waals surface area contributed by atoms with Gasteiger partial charge in [-0.1, -0.05) is 19.9 Å². The molecule has 5 rings (SSSR count). The van der Waals surface area contributed by atoms with Crippen LogP contribution in [0.25, 0.3) is 22.3 Å². The number of hydrogen-bond donors (Lipinski definition) is 1. The van der Waals surface area contributed by atoms with Crippen LogP contribution in [0.5, 0.6) is 11.5 Å². The third-order valence-electron chi connectivity index (χ3n) is 7.48. The first-order chi connectivity index (χ1) is 20.4. The number of anilines is 1. The molecule has 1 aromatic heterocycles. The Balaban J connectivity index is 1.59. The maximum atomic E-state index is 13.6. The van der Waals surface area contributed by atoms with Gasteiger partial charge in [0.15, 0.2) is 0 Å². The molecule has 0 fully saturated rings. The summed E-state index contributed by atoms with van der Waals surface area (Å²) < 4.78 is 63.7. The van der Waals surface area contributed by atoms with Gasteiger partial charge in [-0.05, 0) is 48.0 Å². The smallest absolute Gasteiger partial charge is 0.345 e. The minimum atomic E-state index is -3.73. The van der Waals surface area contributed by atoms with Gasteiger partial charge in [0.05, 0.1) is 17.5 Å². The number of amides is 1. The van der Waals surface area contributed by atoms with Crippen LogP contribution in [0.2, 0.25) is 0 Å². The first-order valence-corrected chi connectivity index (χ1v) is 15.4. The average Bonchev–Trinajstić information content (AvgIpc) is 3.36. The molecule has 0 atom stereocenters. The standard InChI is InChI=1S/C31H31FN2O8S/c1-6-31(7-2)41-25-14-18(8-13-21(25)30(36)42-31)17-39-26-15-22-24(16-23(26)34(4)43(5,37)38)40-28(27(22)29(35)33-3)19-9-11-20(32)12-10-19/h8-16H,6-7,17H2,1-5H3,(H,33,35). The third-order valence-corrected chi connectivity index (χ3v) is 8.67. The number of hydrogen-bond acceptors (Lipinski definition) is 8. The van der Waals surface area contributed by atoms with Crippen molar-refractivity contribution < 1.29 is 41.0 Å². The number of rotatable bonds is 9. The lowest BCUT2D eigenvalue weighted by atomic mass is 10.0. The Bertz CT molecular complexity index is 1830. The van der Waals surface area contributed by atoms with Crippen molar-refractivity contribution in [2.75, 3.05) is 24.7 Å². The second-order valence-electron chi connectivity index (χ2n) is 10.2. The summed E-state index contributed by atoms with van der Waals surface area (Å²) in [4.78, 5) is 25.7. The van der Waals surface area contributed by atoms with E-state index in [9.17, 15) is 22.4 Å². The van der Waals surface area contributed by atoms with E-state index in [1.807, 2.05) is 13.8 Å². The fraction of sp³-hybridized carbons (Fsp3) is 0.290. The number of carbonyl (C=O) groups is 2. The maximum Gasteiger partial charge on any atom is 0.345 e. The molecule has 3 aromatic carbocycles. The molecule has 0 aliphatic carbocycles. The van der Waals surface area contributed by atoms with Crippen LogP contribution in [-0.2, 0) is 21.4 Å². The normalized spacial score (nSPS) is 14.0. The molecule has 1 aliphatic rings. The first-order valence-electron chi connectivity index (χ1n) is 13.6. The van der Waals surface area contributed by atoms with Crippen molar-refractivity contribution in [2.24, 2.45) is 0 Å². The monoisotopic (exact) mass is 610 g/mol. The lowest BCUT2D eigenvalue weighted by Gasteiger charge is -2.36. The van der Waals surface area contributed by atoms with E-state index in [4.69, 9.17) is 18.6 Å². The molecule has 1 aliphatic heterocycles. The van der Waals surface area contributed by atoms with Gasteiger partial charge in [0.25, 0.3) is 11.7 Å². The van der Waals surface area contributed by atoms with Gasteiger partial charge in [0.2, 0.25) is 10.0 Å². The number of furan rings is 1. The van der Waals surface area contributed by atoms with Crippen LogP contribution < -0.4 is 19.1 Å². The molecule has 226 valence electrons. The van der Waals surface area contributed by atoms with E-state index in [0.29, 0.717) is 40.7 Å². The molecule has 0 unspecified atom stereocenters. The van der Waals surface area contributed by atoms with Crippen LogP contribution in [0.1, 0.15) is 53.0 Å². The number of sulfonamides is 1. The Morgan fingerprint density at radius 3 is 2.37 bits per heavy atom. The van der Waals surface area contributed by atoms with Crippen molar-refractivity contribution in [3.05, 3.63) is 77.1 Å². The molecule has 0 bridgehead atoms. The summed E-state index contributed by atoms with van der Waals surface area (Å²) in [7, 11) is -0.883. The Morgan fingerprint density at radius 2 is 1.74 bits per heavy atom. The van der Waals surface area contributed by atoms with Gasteiger partial charge in [0, 0.05) is 44.0 Å². The van der Waals surface area contributed by atoms with Gasteiger partial charge in [-0.3, -0.25) is 9.10 Å². The number of fused-ring (bicyclic) bond motifs is 2. The van der Waals surface area contributed by atoms with Crippen molar-refractivity contribution in [1.29, 1.82) is 0 Å². The van der Waals surface area contributed by atoms with E-state index >= 15 is 0 Å². The molecule has 0 spiro atoms. The summed E-state index contributed by atoms with van der Waals surface area (Å²) in [5, 5.41) is 2.96. The van der Waals surface area contributed by atoms with Gasteiger partial charge >= 0.3 is 5.97 Å². The molecule has 12 heteroatoms. The van der Waals surface area contributed by atoms with Crippen LogP contribution in [0.4, 0.5) is 10.1 Å². The van der Waals surface area contributed by atoms with E-state index in [2.05, 4.69) is 5.32 Å². The largest absolute Gasteiger partial charge is 0.487 e. The number of esters is 1. The van der Waals surface area contributed by atoms with Crippen molar-refractivity contribution in [1.82, 2.24) is 5.32 Å². The molecular formula is C31H31FN2O8S. The van der Waals surface area contributed by atoms with E-state index in [-0.39, 0.29) is 35.0 Å². The van der Waals surface area contributed by atoms with E-state index in [1.165, 1.54) is 44.4 Å². The van der Waals surface area contributed by atoms with Gasteiger partial charge in [-0.25, -0.2) is 17.6 Å². The highest BCUT2D eigenvalue weighted by Gasteiger charge is 2.39. The van der Waals surface area contributed by atoms with Crippen LogP contribution >= 0.6 is 0 Å². The highest BCUT2D eigenvalue weighted by molar-refractivity contribution is 7.92. The maximum absolute atomic E-state index is 13.6. The predicted molar refractivity (Wildman–Crippen MR) is 158 cm³/mol. The SMILES string of the molecule is CCC1(CC)OC(=O)c2ccc(COc3cc4c(C(=O)NC)c(-c5ccc(F)cc5)oc4cc3N(C)S(C)(=O)=O)cc2O1. The Morgan fingerprint density at radius 1 is 1.05 bits per heavy atom. The Labute approximate surface area is 248 Å². The first kappa shape index (κ1) is 29.9. The average molecular weight is 611 g/mol. The summed E-state index contributed by atoms with van der Waals surface area (Å²) >= 11 is 0. The molecule has 0 radical (unpaired) electrons. The number of halogens is 1. The van der Waals surface area contributed by atoms with Crippen molar-refractivity contribution in [3.63, 3.8) is 0 Å². The second kappa shape index (κ2) is 11.3. The minimum Gasteiger partial charge on any atom is -0.487 e. The number of nitrogens with zero attached hydrogens (tertiary/aromatic N) is 1. The van der Waals surface area contributed by atoms with Crippen molar-refractivity contribution in [3.8, 4) is 22.8 Å². The van der Waals surface area contributed by atoms with E-state index < -0.39 is 33.5 Å². The summed E-state index contributed by atoms with van der Waals surface area (Å²) in [5.74, 6) is -1.72. The Kier molecular flexibility index (Phi) is 7.82. The van der Waals surface area contributed by atoms with Crippen LogP contribution in [0.3, 0.4) is 0 Å². The quantitative estimate of drug-likeness (QED) is 0.242. The summed E-state index contributed by atoms with van der Waals surface area (Å²) in [6.45, 7) is 3.72. The van der Waals surface area contributed by atoms with Gasteiger partial charge in [-0.15, -0.1) is 0 Å². The van der Waals surface area contributed by atoms with Gasteiger partial charge in [-0.2, -0.15) is 0 Å². The predicted octanol–water partition coefficient (Wildman–Crippen LogP) is 5.64. The molecule has 0 saturated heterocycles. The van der Waals surface area contributed by atoms with E-state index in [0.717, 1.165) is 10.6 Å². The van der Waals surface area contributed by atoms with E-state index in [1.54, 1.807) is 24.3 Å². The molecule has 1 N–H and O–H groups in total. The zero-order valence-corrected chi connectivity index (χ0v) is 25.1. The number of benzene rings is 3. The lowest BCUT2D eigenvalue weighted by molar-refractivity contribution is -0.158. The summed E-state index contributed by atoms with van der Waals surface area (Å²) in [6.07, 6.45) is 1.99. The second-order valence-corrected chi connectivity index (χ2v) is 12.2. The molecular weight excluding hydrogens is 579 g/mol. The lowest BCUT2D eigenvalue weighted by Crippen LogP contribution is -2.43. The summed E-state index contributed by atoms with van der Waals surface area (Å²) in [6, 6.07) is 13.5. The number of ether oxygens (including phenoxy) is 3. The zero-order chi connectivity index (χ0) is 31.1. The molecule has 0 saturated carbocycles. The van der Waals surface area contributed by atoms with Crippen LogP contribution in [-0.4, -0.2) is 46.4 Å². The molecule has 10 nitrogen and oxygen atoms in total. The third kappa shape index (κ3) is 5.62. The molecule has 2 heterocycles. The Hall–Kier alpha value is -4.58. The van der Waals surface area contributed by atoms with Crippen LogP contribution in [0, 0.1) is 5.82 Å². The number of carbonyl (C=O) groups excluding carboxylic acids is 2. The number of nitrogens with one attached hydrogen (secondary N) is 1. The fourth-order valence-electron chi connectivity index (χ4n) is 4.86. The highest BCUT2D eigenvalue weighted by atomic mass is 32.2. The van der Waals surface area contributed by atoms with Gasteiger partial charge < -0.3 is 23.9 Å². The van der Waals surface area contributed by atoms with Crippen molar-refractivity contribution in [2.45, 2.75) is 39.1 Å². The van der Waals surface area contributed by atoms with Crippen molar-refractivity contribution >= 4 is 38.6 Å².